The molecule has 1 aliphatic rings. The van der Waals surface area contributed by atoms with E-state index in [1.165, 1.54) is 0 Å². The molecule has 0 spiro atoms. The number of carbonyl (C=O) groups excluding carboxylic acids is 2. The van der Waals surface area contributed by atoms with Crippen LogP contribution < -0.4 is 15.5 Å². The number of nitrogens with one attached hydrogen (secondary N) is 2. The Morgan fingerprint density at radius 3 is 2.62 bits per heavy atom. The van der Waals surface area contributed by atoms with Crippen molar-refractivity contribution in [2.45, 2.75) is 6.54 Å². The van der Waals surface area contributed by atoms with Crippen LogP contribution in [0.3, 0.4) is 0 Å². The van der Waals surface area contributed by atoms with Crippen molar-refractivity contribution >= 4 is 40.1 Å². The summed E-state index contributed by atoms with van der Waals surface area (Å²) in [7, 11) is 0. The van der Waals surface area contributed by atoms with Gasteiger partial charge < -0.3 is 15.5 Å². The lowest BCUT2D eigenvalue weighted by Crippen LogP contribution is -2.47. The highest BCUT2D eigenvalue weighted by atomic mass is 127. The number of hydrogen-bond acceptors (Lipinski definition) is 3. The SMILES string of the molecule is O=C1CN(c2ccc(CNC(=O)c3ccccc3I)cc2)CCN1. The number of carbonyl (C=O) groups is 2. The summed E-state index contributed by atoms with van der Waals surface area (Å²) in [6, 6.07) is 15.5. The highest BCUT2D eigenvalue weighted by molar-refractivity contribution is 14.1. The monoisotopic (exact) mass is 435 g/mol. The molecule has 0 unspecified atom stereocenters. The smallest absolute Gasteiger partial charge is 0.252 e. The minimum Gasteiger partial charge on any atom is -0.360 e. The molecule has 1 heterocycles. The number of hydrogen-bond donors (Lipinski definition) is 2. The molecule has 2 aromatic carbocycles. The molecule has 0 atom stereocenters. The number of piperazine rings is 1. The Morgan fingerprint density at radius 1 is 1.17 bits per heavy atom. The van der Waals surface area contributed by atoms with Crippen molar-refractivity contribution in [3.8, 4) is 0 Å². The van der Waals surface area contributed by atoms with Gasteiger partial charge in [-0.3, -0.25) is 9.59 Å². The molecule has 1 aliphatic heterocycles. The van der Waals surface area contributed by atoms with Crippen LogP contribution in [-0.4, -0.2) is 31.4 Å². The summed E-state index contributed by atoms with van der Waals surface area (Å²) in [5, 5.41) is 5.76. The predicted octanol–water partition coefficient (Wildman–Crippen LogP) is 2.16. The third-order valence-electron chi connectivity index (χ3n) is 3.91. The van der Waals surface area contributed by atoms with Crippen LogP contribution in [0.5, 0.6) is 0 Å². The Bertz CT molecular complexity index is 746. The summed E-state index contributed by atoms with van der Waals surface area (Å²) in [6.45, 7) is 2.35. The lowest BCUT2D eigenvalue weighted by molar-refractivity contribution is -0.120. The minimum absolute atomic E-state index is 0.0510. The molecule has 124 valence electrons. The lowest BCUT2D eigenvalue weighted by atomic mass is 10.1. The normalized spacial score (nSPS) is 14.2. The van der Waals surface area contributed by atoms with E-state index in [9.17, 15) is 9.59 Å². The lowest BCUT2D eigenvalue weighted by Gasteiger charge is -2.28. The number of benzene rings is 2. The van der Waals surface area contributed by atoms with E-state index in [2.05, 4.69) is 33.2 Å². The first-order valence-corrected chi connectivity index (χ1v) is 8.84. The van der Waals surface area contributed by atoms with E-state index in [-0.39, 0.29) is 11.8 Å². The first kappa shape index (κ1) is 16.8. The molecular formula is C18H18IN3O2. The molecule has 0 aromatic heterocycles. The van der Waals surface area contributed by atoms with Gasteiger partial charge in [0.2, 0.25) is 5.91 Å². The predicted molar refractivity (Wildman–Crippen MR) is 102 cm³/mol. The second-order valence-corrected chi connectivity index (χ2v) is 6.76. The summed E-state index contributed by atoms with van der Waals surface area (Å²) in [4.78, 5) is 25.7. The fourth-order valence-electron chi connectivity index (χ4n) is 2.61. The quantitative estimate of drug-likeness (QED) is 0.724. The highest BCUT2D eigenvalue weighted by Gasteiger charge is 2.16. The van der Waals surface area contributed by atoms with E-state index in [1.807, 2.05) is 53.4 Å². The second kappa shape index (κ2) is 7.65. The summed E-state index contributed by atoms with van der Waals surface area (Å²) in [6.07, 6.45) is 0. The third-order valence-corrected chi connectivity index (χ3v) is 4.85. The van der Waals surface area contributed by atoms with E-state index in [0.29, 0.717) is 25.2 Å². The van der Waals surface area contributed by atoms with Gasteiger partial charge in [-0.1, -0.05) is 24.3 Å². The molecular weight excluding hydrogens is 417 g/mol. The largest absolute Gasteiger partial charge is 0.360 e. The second-order valence-electron chi connectivity index (χ2n) is 5.60. The number of anilines is 1. The zero-order chi connectivity index (χ0) is 16.9. The number of rotatable bonds is 4. The molecule has 2 aromatic rings. The van der Waals surface area contributed by atoms with Crippen molar-refractivity contribution in [1.29, 1.82) is 0 Å². The van der Waals surface area contributed by atoms with E-state index in [0.717, 1.165) is 21.4 Å². The van der Waals surface area contributed by atoms with Gasteiger partial charge in [0.15, 0.2) is 0 Å². The van der Waals surface area contributed by atoms with Gasteiger partial charge in [-0.2, -0.15) is 0 Å². The molecule has 6 heteroatoms. The summed E-state index contributed by atoms with van der Waals surface area (Å²) >= 11 is 2.16. The van der Waals surface area contributed by atoms with E-state index in [4.69, 9.17) is 0 Å². The first-order chi connectivity index (χ1) is 11.6. The van der Waals surface area contributed by atoms with Gasteiger partial charge in [0.05, 0.1) is 12.1 Å². The van der Waals surface area contributed by atoms with Crippen LogP contribution in [0, 0.1) is 3.57 Å². The zero-order valence-corrected chi connectivity index (χ0v) is 15.2. The van der Waals surface area contributed by atoms with E-state index < -0.39 is 0 Å². The molecule has 5 nitrogen and oxygen atoms in total. The molecule has 2 amide bonds. The highest BCUT2D eigenvalue weighted by Crippen LogP contribution is 2.16. The zero-order valence-electron chi connectivity index (χ0n) is 13.1. The van der Waals surface area contributed by atoms with Gasteiger partial charge in [0.25, 0.3) is 5.91 Å². The van der Waals surface area contributed by atoms with Crippen molar-refractivity contribution in [2.75, 3.05) is 24.5 Å². The van der Waals surface area contributed by atoms with Gasteiger partial charge in [-0.25, -0.2) is 0 Å². The Balaban J connectivity index is 1.59. The fraction of sp³-hybridized carbons (Fsp3) is 0.222. The Kier molecular flexibility index (Phi) is 5.34. The average molecular weight is 435 g/mol. The molecule has 1 fully saturated rings. The van der Waals surface area contributed by atoms with Gasteiger partial charge in [-0.05, 0) is 52.4 Å². The maximum atomic E-state index is 12.2. The number of amides is 2. The number of nitrogens with zero attached hydrogens (tertiary/aromatic N) is 1. The minimum atomic E-state index is -0.0724. The molecule has 1 saturated heterocycles. The van der Waals surface area contributed by atoms with Gasteiger partial charge >= 0.3 is 0 Å². The van der Waals surface area contributed by atoms with Crippen molar-refractivity contribution in [3.63, 3.8) is 0 Å². The summed E-state index contributed by atoms with van der Waals surface area (Å²) in [5.74, 6) is -0.0215. The van der Waals surface area contributed by atoms with Gasteiger partial charge in [0.1, 0.15) is 0 Å². The van der Waals surface area contributed by atoms with E-state index in [1.54, 1.807) is 0 Å². The average Bonchev–Trinajstić information content (AvgIpc) is 2.60. The molecule has 0 saturated carbocycles. The van der Waals surface area contributed by atoms with Crippen molar-refractivity contribution in [2.24, 2.45) is 0 Å². The van der Waals surface area contributed by atoms with Crippen LogP contribution in [0.2, 0.25) is 0 Å². The van der Waals surface area contributed by atoms with Gasteiger partial charge in [-0.15, -0.1) is 0 Å². The maximum absolute atomic E-state index is 12.2. The summed E-state index contributed by atoms with van der Waals surface area (Å²) < 4.78 is 0.936. The Labute approximate surface area is 154 Å². The summed E-state index contributed by atoms with van der Waals surface area (Å²) in [5.41, 5.74) is 2.74. The standard InChI is InChI=1S/C18H18IN3O2/c19-16-4-2-1-3-15(16)18(24)21-11-13-5-7-14(8-6-13)22-10-9-20-17(23)12-22/h1-8H,9-12H2,(H,20,23)(H,21,24). The van der Waals surface area contributed by atoms with Crippen LogP contribution in [0.4, 0.5) is 5.69 Å². The number of halogens is 1. The Morgan fingerprint density at radius 2 is 1.92 bits per heavy atom. The molecule has 24 heavy (non-hydrogen) atoms. The Hall–Kier alpha value is -2.09. The van der Waals surface area contributed by atoms with Crippen molar-refractivity contribution in [1.82, 2.24) is 10.6 Å². The van der Waals surface area contributed by atoms with E-state index >= 15 is 0 Å². The van der Waals surface area contributed by atoms with Crippen LogP contribution >= 0.6 is 22.6 Å². The van der Waals surface area contributed by atoms with Crippen LogP contribution in [0.15, 0.2) is 48.5 Å². The molecule has 0 radical (unpaired) electrons. The molecule has 3 rings (SSSR count). The molecule has 0 bridgehead atoms. The van der Waals surface area contributed by atoms with Crippen molar-refractivity contribution < 1.29 is 9.59 Å². The molecule has 0 aliphatic carbocycles. The molecule has 2 N–H and O–H groups in total. The maximum Gasteiger partial charge on any atom is 0.252 e. The topological polar surface area (TPSA) is 61.4 Å². The van der Waals surface area contributed by atoms with Gasteiger partial charge in [0, 0.05) is 28.9 Å². The third kappa shape index (κ3) is 4.05. The van der Waals surface area contributed by atoms with Crippen molar-refractivity contribution in [3.05, 3.63) is 63.2 Å². The van der Waals surface area contributed by atoms with Crippen LogP contribution in [0.1, 0.15) is 15.9 Å². The fourth-order valence-corrected chi connectivity index (χ4v) is 3.24. The first-order valence-electron chi connectivity index (χ1n) is 7.77. The van der Waals surface area contributed by atoms with Crippen LogP contribution in [0.25, 0.3) is 0 Å². The van der Waals surface area contributed by atoms with Crippen LogP contribution in [-0.2, 0) is 11.3 Å².